The molecular formula is C23H22N2O3S2Si. The number of benzene rings is 2. The minimum absolute atomic E-state index is 1.01. The van der Waals surface area contributed by atoms with E-state index in [0.29, 0.717) is 0 Å². The first-order valence-electron chi connectivity index (χ1n) is 9.79. The fourth-order valence-electron chi connectivity index (χ4n) is 3.71. The standard InChI is InChI=1S/C23H22N2O3S2Si/c1-26-31(27-2,28-3)23-13-12-22(30-23)21-11-10-20(29-21)15-8-9-18-19(14-15)25-17-7-5-4-6-16(17)24-18/h4-14,24-25H,1-3H3. The van der Waals surface area contributed by atoms with Crippen LogP contribution < -0.4 is 15.1 Å². The van der Waals surface area contributed by atoms with E-state index in [1.807, 2.05) is 18.2 Å². The molecule has 0 fully saturated rings. The molecule has 2 aromatic carbocycles. The molecule has 31 heavy (non-hydrogen) atoms. The van der Waals surface area contributed by atoms with E-state index >= 15 is 0 Å². The van der Waals surface area contributed by atoms with Crippen LogP contribution in [0.15, 0.2) is 66.7 Å². The van der Waals surface area contributed by atoms with Gasteiger partial charge in [0, 0.05) is 36.0 Å². The maximum absolute atomic E-state index is 5.62. The van der Waals surface area contributed by atoms with Gasteiger partial charge in [0.15, 0.2) is 0 Å². The third-order valence-electron chi connectivity index (χ3n) is 5.33. The minimum Gasteiger partial charge on any atom is -0.373 e. The Morgan fingerprint density at radius 1 is 0.613 bits per heavy atom. The molecule has 1 aliphatic rings. The van der Waals surface area contributed by atoms with E-state index in [2.05, 4.69) is 59.2 Å². The van der Waals surface area contributed by atoms with Gasteiger partial charge >= 0.3 is 8.80 Å². The van der Waals surface area contributed by atoms with Crippen molar-refractivity contribution in [2.45, 2.75) is 0 Å². The van der Waals surface area contributed by atoms with Gasteiger partial charge < -0.3 is 23.9 Å². The molecule has 0 saturated heterocycles. The molecule has 3 heterocycles. The largest absolute Gasteiger partial charge is 0.546 e. The molecule has 0 radical (unpaired) electrons. The fraction of sp³-hybridized carbons (Fsp3) is 0.130. The molecule has 0 spiro atoms. The topological polar surface area (TPSA) is 51.8 Å². The summed E-state index contributed by atoms with van der Waals surface area (Å²) in [6, 6.07) is 23.2. The predicted molar refractivity (Wildman–Crippen MR) is 132 cm³/mol. The third-order valence-corrected chi connectivity index (χ3v) is 11.0. The normalized spacial score (nSPS) is 12.6. The summed E-state index contributed by atoms with van der Waals surface area (Å²) in [7, 11) is 2.11. The molecule has 0 aliphatic carbocycles. The van der Waals surface area contributed by atoms with Crippen LogP contribution in [-0.2, 0) is 13.3 Å². The Labute approximate surface area is 190 Å². The Bertz CT molecular complexity index is 1220. The smallest absolute Gasteiger partial charge is 0.373 e. The van der Waals surface area contributed by atoms with Crippen molar-refractivity contribution in [2.24, 2.45) is 0 Å². The van der Waals surface area contributed by atoms with Crippen LogP contribution in [0.4, 0.5) is 22.7 Å². The highest BCUT2D eigenvalue weighted by Gasteiger charge is 2.42. The van der Waals surface area contributed by atoms with E-state index in [0.717, 1.165) is 27.2 Å². The summed E-state index contributed by atoms with van der Waals surface area (Å²) in [5.74, 6) is 0. The minimum atomic E-state index is -2.80. The van der Waals surface area contributed by atoms with Crippen molar-refractivity contribution in [1.29, 1.82) is 0 Å². The van der Waals surface area contributed by atoms with Crippen molar-refractivity contribution in [1.82, 2.24) is 0 Å². The Morgan fingerprint density at radius 2 is 1.19 bits per heavy atom. The van der Waals surface area contributed by atoms with Gasteiger partial charge in [0.2, 0.25) is 0 Å². The Balaban J connectivity index is 1.42. The SMILES string of the molecule is CO[Si](OC)(OC)c1ccc(-c2ccc(-c3ccc4c(c3)Nc3ccccc3N4)s2)s1. The molecule has 1 aliphatic heterocycles. The zero-order valence-corrected chi connectivity index (χ0v) is 20.0. The summed E-state index contributed by atoms with van der Waals surface area (Å²) in [5, 5.41) is 7.03. The van der Waals surface area contributed by atoms with Crippen LogP contribution in [0.3, 0.4) is 0 Å². The molecule has 0 amide bonds. The molecule has 5 nitrogen and oxygen atoms in total. The fourth-order valence-corrected chi connectivity index (χ4v) is 8.53. The lowest BCUT2D eigenvalue weighted by Gasteiger charge is -2.23. The van der Waals surface area contributed by atoms with Gasteiger partial charge in [0.05, 0.1) is 27.2 Å². The van der Waals surface area contributed by atoms with Crippen molar-refractivity contribution in [2.75, 3.05) is 32.0 Å². The average Bonchev–Trinajstić information content (AvgIpc) is 3.49. The van der Waals surface area contributed by atoms with Crippen molar-refractivity contribution in [3.63, 3.8) is 0 Å². The van der Waals surface area contributed by atoms with Crippen LogP contribution in [0.5, 0.6) is 0 Å². The maximum atomic E-state index is 5.62. The van der Waals surface area contributed by atoms with E-state index < -0.39 is 8.80 Å². The first-order chi connectivity index (χ1) is 15.2. The second-order valence-electron chi connectivity index (χ2n) is 7.05. The van der Waals surface area contributed by atoms with Crippen molar-refractivity contribution >= 4 is 58.7 Å². The number of thiophene rings is 2. The lowest BCUT2D eigenvalue weighted by molar-refractivity contribution is 0.141. The second-order valence-corrected chi connectivity index (χ2v) is 12.5. The Hall–Kier alpha value is -2.46. The number of nitrogens with one attached hydrogen (secondary N) is 2. The van der Waals surface area contributed by atoms with Crippen molar-refractivity contribution < 1.29 is 13.3 Å². The molecular weight excluding hydrogens is 444 g/mol. The summed E-state index contributed by atoms with van der Waals surface area (Å²) in [6.07, 6.45) is 0. The van der Waals surface area contributed by atoms with Crippen LogP contribution in [0, 0.1) is 0 Å². The maximum Gasteiger partial charge on any atom is 0.546 e. The molecule has 2 aromatic heterocycles. The predicted octanol–water partition coefficient (Wildman–Crippen LogP) is 6.03. The summed E-state index contributed by atoms with van der Waals surface area (Å²) >= 11 is 3.44. The molecule has 0 atom stereocenters. The lowest BCUT2D eigenvalue weighted by atomic mass is 10.1. The highest BCUT2D eigenvalue weighted by Crippen LogP contribution is 2.42. The lowest BCUT2D eigenvalue weighted by Crippen LogP contribution is -2.53. The first kappa shape index (κ1) is 20.4. The summed E-state index contributed by atoms with van der Waals surface area (Å²) in [5.41, 5.74) is 5.54. The third kappa shape index (κ3) is 3.61. The van der Waals surface area contributed by atoms with Gasteiger partial charge in [-0.15, -0.1) is 22.7 Å². The van der Waals surface area contributed by atoms with E-state index in [9.17, 15) is 0 Å². The summed E-state index contributed by atoms with van der Waals surface area (Å²) < 4.78 is 17.9. The van der Waals surface area contributed by atoms with Crippen LogP contribution in [0.1, 0.15) is 0 Å². The zero-order valence-electron chi connectivity index (χ0n) is 17.4. The van der Waals surface area contributed by atoms with Crippen LogP contribution in [-0.4, -0.2) is 30.1 Å². The van der Waals surface area contributed by atoms with E-state index in [-0.39, 0.29) is 0 Å². The van der Waals surface area contributed by atoms with Gasteiger partial charge in [-0.2, -0.15) is 0 Å². The summed E-state index contributed by atoms with van der Waals surface area (Å²) in [4.78, 5) is 3.62. The van der Waals surface area contributed by atoms with E-state index in [1.165, 1.54) is 20.2 Å². The van der Waals surface area contributed by atoms with Gasteiger partial charge in [0.1, 0.15) is 0 Å². The molecule has 0 bridgehead atoms. The number of rotatable bonds is 6. The average molecular weight is 467 g/mol. The second kappa shape index (κ2) is 8.23. The van der Waals surface area contributed by atoms with Gasteiger partial charge in [-0.25, -0.2) is 0 Å². The molecule has 0 saturated carbocycles. The highest BCUT2D eigenvalue weighted by molar-refractivity contribution is 7.29. The Kier molecular flexibility index (Phi) is 5.43. The van der Waals surface area contributed by atoms with E-state index in [1.54, 1.807) is 44.0 Å². The number of hydrogen-bond acceptors (Lipinski definition) is 7. The zero-order chi connectivity index (χ0) is 21.4. The molecule has 4 aromatic rings. The molecule has 158 valence electrons. The van der Waals surface area contributed by atoms with Crippen LogP contribution in [0.25, 0.3) is 20.2 Å². The van der Waals surface area contributed by atoms with Gasteiger partial charge in [0.25, 0.3) is 0 Å². The van der Waals surface area contributed by atoms with E-state index in [4.69, 9.17) is 13.3 Å². The number of fused-ring (bicyclic) bond motifs is 2. The quantitative estimate of drug-likeness (QED) is 0.299. The van der Waals surface area contributed by atoms with Crippen molar-refractivity contribution in [3.8, 4) is 20.2 Å². The summed E-state index contributed by atoms with van der Waals surface area (Å²) in [6.45, 7) is 0. The number of hydrogen-bond donors (Lipinski definition) is 2. The van der Waals surface area contributed by atoms with Crippen molar-refractivity contribution in [3.05, 3.63) is 66.7 Å². The number of para-hydroxylation sites is 2. The first-order valence-corrected chi connectivity index (χ1v) is 13.1. The Morgan fingerprint density at radius 3 is 1.90 bits per heavy atom. The molecule has 8 heteroatoms. The highest BCUT2D eigenvalue weighted by atomic mass is 32.1. The molecule has 0 unspecified atom stereocenters. The van der Waals surface area contributed by atoms with Gasteiger partial charge in [-0.3, -0.25) is 0 Å². The monoisotopic (exact) mass is 466 g/mol. The molecule has 2 N–H and O–H groups in total. The molecule has 5 rings (SSSR count). The van der Waals surface area contributed by atoms with Crippen LogP contribution in [0.2, 0.25) is 0 Å². The van der Waals surface area contributed by atoms with Gasteiger partial charge in [-0.1, -0.05) is 18.2 Å². The number of anilines is 4. The van der Waals surface area contributed by atoms with Crippen LogP contribution >= 0.6 is 22.7 Å². The van der Waals surface area contributed by atoms with Gasteiger partial charge in [-0.05, 0) is 54.1 Å².